The van der Waals surface area contributed by atoms with E-state index < -0.39 is 19.6 Å². The SMILES string of the molecule is CC(=O)Nc1cc[c]([Sb](=[O])([O-])[O-])cc1.[Na+].[Na+]. The smallest absolute Gasteiger partial charge is 1.00 e. The molecule has 1 N–H and O–H groups in total. The summed E-state index contributed by atoms with van der Waals surface area (Å²) >= 11 is -5.56. The molecule has 0 unspecified atom stereocenters. The van der Waals surface area contributed by atoms with Crippen LogP contribution in [0.2, 0.25) is 0 Å². The summed E-state index contributed by atoms with van der Waals surface area (Å²) in [5, 5.41) is 2.46. The maximum atomic E-state index is 10.6. The molecule has 1 amide bonds. The third-order valence-electron chi connectivity index (χ3n) is 1.50. The fraction of sp³-hybridized carbons (Fsp3) is 0.125. The minimum Gasteiger partial charge on any atom is 1.00 e. The van der Waals surface area contributed by atoms with Crippen LogP contribution in [0.3, 0.4) is 0 Å². The number of hydrogen-bond acceptors (Lipinski definition) is 4. The molecular weight excluding hydrogens is 342 g/mol. The Morgan fingerprint density at radius 2 is 1.62 bits per heavy atom. The van der Waals surface area contributed by atoms with Gasteiger partial charge in [0.25, 0.3) is 0 Å². The number of anilines is 1. The first-order chi connectivity index (χ1) is 6.39. The average molecular weight is 350 g/mol. The second-order valence-corrected chi connectivity index (χ2v) is 7.04. The van der Waals surface area contributed by atoms with E-state index in [0.717, 1.165) is 0 Å². The number of benzene rings is 1. The van der Waals surface area contributed by atoms with Gasteiger partial charge in [-0.05, 0) is 0 Å². The molecule has 0 heterocycles. The van der Waals surface area contributed by atoms with Gasteiger partial charge < -0.3 is 0 Å². The fourth-order valence-electron chi connectivity index (χ4n) is 0.931. The third kappa shape index (κ3) is 6.84. The predicted molar refractivity (Wildman–Crippen MR) is 46.8 cm³/mol. The van der Waals surface area contributed by atoms with Crippen LogP contribution in [-0.4, -0.2) is 25.5 Å². The second kappa shape index (κ2) is 8.35. The van der Waals surface area contributed by atoms with E-state index >= 15 is 0 Å². The summed E-state index contributed by atoms with van der Waals surface area (Å²) in [7, 11) is 0. The molecule has 0 aliphatic rings. The monoisotopic (exact) mass is 349 g/mol. The molecular formula is C8H8NNa2O4Sb. The molecule has 0 saturated heterocycles. The van der Waals surface area contributed by atoms with Crippen LogP contribution in [0.25, 0.3) is 0 Å². The van der Waals surface area contributed by atoms with Gasteiger partial charge in [0.05, 0.1) is 0 Å². The molecule has 0 atom stereocenters. The summed E-state index contributed by atoms with van der Waals surface area (Å²) in [6, 6.07) is 5.16. The number of amides is 1. The summed E-state index contributed by atoms with van der Waals surface area (Å²) < 4.78 is 31.7. The van der Waals surface area contributed by atoms with Gasteiger partial charge in [0.15, 0.2) is 0 Å². The molecule has 8 heteroatoms. The average Bonchev–Trinajstić information content (AvgIpc) is 2.02. The number of rotatable bonds is 2. The first kappa shape index (κ1) is 19.6. The van der Waals surface area contributed by atoms with Gasteiger partial charge in [-0.2, -0.15) is 0 Å². The van der Waals surface area contributed by atoms with Gasteiger partial charge in [0.1, 0.15) is 0 Å². The van der Waals surface area contributed by atoms with Gasteiger partial charge >= 0.3 is 145 Å². The van der Waals surface area contributed by atoms with E-state index in [4.69, 9.17) is 0 Å². The van der Waals surface area contributed by atoms with Gasteiger partial charge in [0, 0.05) is 0 Å². The first-order valence-corrected chi connectivity index (χ1v) is 8.20. The standard InChI is InChI=1S/C8H8NO.2Na.3O.Sb/c1-7(10)9-8-5-3-2-4-6-8;;;;;;/h3-6H,1H3,(H,9,10);;;;;;/q;2*+1;;2*-1;. The van der Waals surface area contributed by atoms with E-state index in [1.807, 2.05) is 0 Å². The van der Waals surface area contributed by atoms with Crippen molar-refractivity contribution in [3.05, 3.63) is 24.3 Å². The van der Waals surface area contributed by atoms with Crippen molar-refractivity contribution in [3.8, 4) is 0 Å². The molecule has 1 aromatic carbocycles. The zero-order valence-corrected chi connectivity index (χ0v) is 15.9. The summed E-state index contributed by atoms with van der Waals surface area (Å²) in [6.45, 7) is 1.34. The summed E-state index contributed by atoms with van der Waals surface area (Å²) in [6.07, 6.45) is 0. The molecule has 0 aromatic heterocycles. The maximum absolute atomic E-state index is 10.6. The van der Waals surface area contributed by atoms with Gasteiger partial charge in [0.2, 0.25) is 0 Å². The van der Waals surface area contributed by atoms with Gasteiger partial charge in [-0.15, -0.1) is 0 Å². The molecule has 1 rings (SSSR count). The Kier molecular flexibility index (Phi) is 10.2. The Hall–Kier alpha value is 1.23. The number of nitrogens with one attached hydrogen (secondary N) is 1. The summed E-state index contributed by atoms with van der Waals surface area (Å²) in [5.74, 6) is -0.252. The van der Waals surface area contributed by atoms with Crippen molar-refractivity contribution in [3.63, 3.8) is 0 Å². The topological polar surface area (TPSA) is 92.3 Å². The first-order valence-electron chi connectivity index (χ1n) is 3.80. The summed E-state index contributed by atoms with van der Waals surface area (Å²) in [4.78, 5) is 10.6. The second-order valence-electron chi connectivity index (χ2n) is 2.73. The van der Waals surface area contributed by atoms with Crippen LogP contribution in [0, 0.1) is 0 Å². The molecule has 1 aromatic rings. The fourth-order valence-corrected chi connectivity index (χ4v) is 2.40. The molecule has 0 aliphatic carbocycles. The molecule has 0 bridgehead atoms. The number of hydrogen-bond donors (Lipinski definition) is 1. The van der Waals surface area contributed by atoms with Crippen molar-refractivity contribution < 1.29 is 73.7 Å². The summed E-state index contributed by atoms with van der Waals surface area (Å²) in [5.41, 5.74) is 0.468. The zero-order chi connectivity index (χ0) is 10.8. The van der Waals surface area contributed by atoms with Crippen molar-refractivity contribution in [2.24, 2.45) is 0 Å². The normalized spacial score (nSPS) is 9.69. The van der Waals surface area contributed by atoms with Crippen LogP contribution in [0.1, 0.15) is 6.92 Å². The molecule has 0 fully saturated rings. The predicted octanol–water partition coefficient (Wildman–Crippen LogP) is -8.05. The molecule has 0 saturated carbocycles. The zero-order valence-electron chi connectivity index (χ0n) is 9.39. The van der Waals surface area contributed by atoms with E-state index in [2.05, 4.69) is 5.32 Å². The Bertz CT molecular complexity index is 390. The Morgan fingerprint density at radius 1 is 1.19 bits per heavy atom. The van der Waals surface area contributed by atoms with E-state index in [9.17, 15) is 14.6 Å². The largest absolute Gasteiger partial charge is 1.00 e. The van der Waals surface area contributed by atoms with Crippen molar-refractivity contribution in [1.29, 1.82) is 0 Å². The van der Waals surface area contributed by atoms with Crippen LogP contribution >= 0.6 is 0 Å². The van der Waals surface area contributed by atoms with E-state index in [1.165, 1.54) is 31.2 Å². The molecule has 0 radical (unpaired) electrons. The minimum atomic E-state index is -5.56. The molecule has 5 nitrogen and oxygen atoms in total. The quantitative estimate of drug-likeness (QED) is 0.537. The van der Waals surface area contributed by atoms with E-state index in [0.29, 0.717) is 5.69 Å². The van der Waals surface area contributed by atoms with Crippen LogP contribution in [0.15, 0.2) is 24.3 Å². The molecule has 16 heavy (non-hydrogen) atoms. The van der Waals surface area contributed by atoms with Crippen LogP contribution in [-0.2, 0) is 7.81 Å². The van der Waals surface area contributed by atoms with Crippen molar-refractivity contribution in [2.45, 2.75) is 6.92 Å². The Labute approximate surface area is 143 Å². The third-order valence-corrected chi connectivity index (χ3v) is 4.16. The minimum absolute atomic E-state index is 0. The number of carbonyl (C=O) groups excluding carboxylic acids is 1. The molecule has 0 aliphatic heterocycles. The molecule has 76 valence electrons. The molecule has 0 spiro atoms. The Morgan fingerprint density at radius 3 is 1.94 bits per heavy atom. The number of carbonyl (C=O) groups is 1. The van der Waals surface area contributed by atoms with Crippen molar-refractivity contribution in [1.82, 2.24) is 0 Å². The van der Waals surface area contributed by atoms with Crippen molar-refractivity contribution >= 4 is 34.7 Å². The van der Waals surface area contributed by atoms with Gasteiger partial charge in [-0.1, -0.05) is 0 Å². The van der Waals surface area contributed by atoms with Crippen LogP contribution in [0.5, 0.6) is 0 Å². The van der Waals surface area contributed by atoms with E-state index in [1.54, 1.807) is 0 Å². The maximum Gasteiger partial charge on any atom is 1.00 e. The van der Waals surface area contributed by atoms with E-state index in [-0.39, 0.29) is 68.5 Å². The van der Waals surface area contributed by atoms with Crippen LogP contribution in [0.4, 0.5) is 5.69 Å². The van der Waals surface area contributed by atoms with Gasteiger partial charge in [-0.3, -0.25) is 0 Å². The van der Waals surface area contributed by atoms with Crippen LogP contribution < -0.4 is 74.7 Å². The van der Waals surface area contributed by atoms with Gasteiger partial charge in [-0.25, -0.2) is 0 Å². The van der Waals surface area contributed by atoms with Crippen molar-refractivity contribution in [2.75, 3.05) is 5.32 Å². The Balaban J connectivity index is 0.